The van der Waals surface area contributed by atoms with E-state index in [-0.39, 0.29) is 5.91 Å². The van der Waals surface area contributed by atoms with E-state index in [0.29, 0.717) is 24.3 Å². The summed E-state index contributed by atoms with van der Waals surface area (Å²) in [6, 6.07) is 22.2. The summed E-state index contributed by atoms with van der Waals surface area (Å²) in [7, 11) is 0. The number of unbranched alkanes of at least 4 members (excludes halogenated alkanes) is 1. The van der Waals surface area contributed by atoms with E-state index in [1.807, 2.05) is 43.3 Å². The van der Waals surface area contributed by atoms with E-state index >= 15 is 0 Å². The molecule has 3 aromatic carbocycles. The molecule has 7 heteroatoms. The number of benzene rings is 3. The third-order valence-electron chi connectivity index (χ3n) is 6.03. The number of carboxylic acid groups (broad SMARTS) is 1. The molecule has 0 bridgehead atoms. The first-order valence-electron chi connectivity index (χ1n) is 12.3. The predicted molar refractivity (Wildman–Crippen MR) is 140 cm³/mol. The minimum Gasteiger partial charge on any atom is -0.478 e. The number of carbonyl (C=O) groups is 2. The Bertz CT molecular complexity index is 1330. The fraction of sp³-hybridized carbons (Fsp3) is 0.276. The van der Waals surface area contributed by atoms with Crippen molar-refractivity contribution in [3.8, 4) is 5.75 Å². The van der Waals surface area contributed by atoms with Gasteiger partial charge in [0.15, 0.2) is 0 Å². The normalized spacial score (nSPS) is 11.8. The highest BCUT2D eigenvalue weighted by Gasteiger charge is 2.21. The molecule has 4 aromatic rings. The average molecular weight is 486 g/mol. The summed E-state index contributed by atoms with van der Waals surface area (Å²) in [6.07, 6.45) is 2.30. The number of rotatable bonds is 11. The molecular formula is C29H31N3O4. The van der Waals surface area contributed by atoms with Crippen molar-refractivity contribution < 1.29 is 19.4 Å². The van der Waals surface area contributed by atoms with Crippen molar-refractivity contribution in [3.63, 3.8) is 0 Å². The Morgan fingerprint density at radius 2 is 1.78 bits per heavy atom. The zero-order valence-electron chi connectivity index (χ0n) is 20.6. The Balaban J connectivity index is 1.59. The quantitative estimate of drug-likeness (QED) is 0.273. The van der Waals surface area contributed by atoms with Gasteiger partial charge in [-0.25, -0.2) is 9.78 Å². The highest BCUT2D eigenvalue weighted by molar-refractivity contribution is 5.93. The molecule has 0 saturated carbocycles. The zero-order valence-corrected chi connectivity index (χ0v) is 20.6. The van der Waals surface area contributed by atoms with Gasteiger partial charge >= 0.3 is 5.97 Å². The summed E-state index contributed by atoms with van der Waals surface area (Å²) >= 11 is 0. The number of aryl methyl sites for hydroxylation is 1. The van der Waals surface area contributed by atoms with E-state index in [9.17, 15) is 14.7 Å². The van der Waals surface area contributed by atoms with E-state index in [2.05, 4.69) is 16.8 Å². The Labute approximate surface area is 210 Å². The summed E-state index contributed by atoms with van der Waals surface area (Å²) in [5, 5.41) is 12.6. The number of nitrogens with zero attached hydrogens (tertiary/aromatic N) is 2. The van der Waals surface area contributed by atoms with Crippen LogP contribution >= 0.6 is 0 Å². The maximum atomic E-state index is 11.9. The van der Waals surface area contributed by atoms with Crippen LogP contribution in [0.4, 0.5) is 5.69 Å². The number of aromatic nitrogens is 2. The molecule has 0 saturated heterocycles. The van der Waals surface area contributed by atoms with Gasteiger partial charge in [-0.15, -0.1) is 0 Å². The smallest absolute Gasteiger partial charge is 0.349 e. The van der Waals surface area contributed by atoms with Crippen LogP contribution in [0.25, 0.3) is 11.0 Å². The SMILES string of the molecule is CCCCc1nc2ccc(NC(=O)CC)cc2n1Cc1ccc(OC(C(=O)O)c2ccccc2)cc1. The Morgan fingerprint density at radius 1 is 1.03 bits per heavy atom. The number of hydrogen-bond donors (Lipinski definition) is 2. The van der Waals surface area contributed by atoms with Gasteiger partial charge in [0.1, 0.15) is 11.6 Å². The van der Waals surface area contributed by atoms with Gasteiger partial charge in [-0.1, -0.05) is 62.7 Å². The lowest BCUT2D eigenvalue weighted by Gasteiger charge is -2.16. The zero-order chi connectivity index (χ0) is 25.5. The lowest BCUT2D eigenvalue weighted by Crippen LogP contribution is -2.18. The van der Waals surface area contributed by atoms with E-state index < -0.39 is 12.1 Å². The third kappa shape index (κ3) is 5.92. The number of anilines is 1. The van der Waals surface area contributed by atoms with Gasteiger partial charge < -0.3 is 19.7 Å². The van der Waals surface area contributed by atoms with Crippen LogP contribution in [-0.4, -0.2) is 26.5 Å². The van der Waals surface area contributed by atoms with Gasteiger partial charge in [0, 0.05) is 30.6 Å². The monoisotopic (exact) mass is 485 g/mol. The molecule has 7 nitrogen and oxygen atoms in total. The minimum absolute atomic E-state index is 0.0302. The number of carbonyl (C=O) groups excluding carboxylic acids is 1. The van der Waals surface area contributed by atoms with E-state index in [0.717, 1.165) is 47.4 Å². The molecule has 0 aliphatic rings. The third-order valence-corrected chi connectivity index (χ3v) is 6.03. The summed E-state index contributed by atoms with van der Waals surface area (Å²) in [6.45, 7) is 4.58. The molecule has 4 rings (SSSR count). The van der Waals surface area contributed by atoms with Gasteiger partial charge in [-0.2, -0.15) is 0 Å². The number of carboxylic acids is 1. The molecule has 0 aliphatic heterocycles. The van der Waals surface area contributed by atoms with Crippen LogP contribution in [0.3, 0.4) is 0 Å². The highest BCUT2D eigenvalue weighted by atomic mass is 16.5. The molecule has 1 amide bonds. The second-order valence-corrected chi connectivity index (χ2v) is 8.71. The van der Waals surface area contributed by atoms with Gasteiger partial charge in [0.05, 0.1) is 11.0 Å². The van der Waals surface area contributed by atoms with Crippen molar-refractivity contribution in [2.24, 2.45) is 0 Å². The second kappa shape index (κ2) is 11.5. The van der Waals surface area contributed by atoms with Crippen LogP contribution < -0.4 is 10.1 Å². The lowest BCUT2D eigenvalue weighted by molar-refractivity contribution is -0.145. The van der Waals surface area contributed by atoms with E-state index in [1.54, 1.807) is 36.4 Å². The molecule has 1 aromatic heterocycles. The average Bonchev–Trinajstić information content (AvgIpc) is 3.23. The number of amides is 1. The van der Waals surface area contributed by atoms with Crippen LogP contribution in [-0.2, 0) is 22.6 Å². The largest absolute Gasteiger partial charge is 0.478 e. The highest BCUT2D eigenvalue weighted by Crippen LogP contribution is 2.26. The van der Waals surface area contributed by atoms with E-state index in [1.165, 1.54) is 0 Å². The van der Waals surface area contributed by atoms with Crippen LogP contribution in [0.15, 0.2) is 72.8 Å². The molecule has 1 heterocycles. The molecular weight excluding hydrogens is 454 g/mol. The van der Waals surface area contributed by atoms with Crippen molar-refractivity contribution in [1.82, 2.24) is 9.55 Å². The standard InChI is InChI=1S/C29H31N3O4/c1-3-5-11-26-31-24-17-14-22(30-27(33)4-2)18-25(24)32(26)19-20-12-15-23(16-13-20)36-28(29(34)35)21-9-7-6-8-10-21/h6-10,12-18,28H,3-5,11,19H2,1-2H3,(H,30,33)(H,34,35). The molecule has 1 atom stereocenters. The molecule has 0 radical (unpaired) electrons. The van der Waals surface area contributed by atoms with Gasteiger partial charge in [-0.3, -0.25) is 4.79 Å². The Kier molecular flexibility index (Phi) is 8.00. The number of imidazole rings is 1. The number of nitrogens with one attached hydrogen (secondary N) is 1. The molecule has 0 spiro atoms. The van der Waals surface area contributed by atoms with Crippen LogP contribution in [0, 0.1) is 0 Å². The van der Waals surface area contributed by atoms with Crippen LogP contribution in [0.5, 0.6) is 5.75 Å². The minimum atomic E-state index is -1.08. The van der Waals surface area contributed by atoms with Gasteiger partial charge in [0.2, 0.25) is 12.0 Å². The van der Waals surface area contributed by atoms with Crippen molar-refractivity contribution in [1.29, 1.82) is 0 Å². The number of aliphatic carboxylic acids is 1. The first-order chi connectivity index (χ1) is 17.5. The van der Waals surface area contributed by atoms with Crippen molar-refractivity contribution >= 4 is 28.6 Å². The number of ether oxygens (including phenoxy) is 1. The van der Waals surface area contributed by atoms with Gasteiger partial charge in [-0.05, 0) is 42.3 Å². The fourth-order valence-electron chi connectivity index (χ4n) is 4.08. The van der Waals surface area contributed by atoms with Crippen LogP contribution in [0.2, 0.25) is 0 Å². The van der Waals surface area contributed by atoms with Crippen molar-refractivity contribution in [2.75, 3.05) is 5.32 Å². The first-order valence-corrected chi connectivity index (χ1v) is 12.3. The molecule has 186 valence electrons. The predicted octanol–water partition coefficient (Wildman–Crippen LogP) is 5.98. The molecule has 0 aliphatic carbocycles. The topological polar surface area (TPSA) is 93.5 Å². The Morgan fingerprint density at radius 3 is 2.44 bits per heavy atom. The Hall–Kier alpha value is -4.13. The van der Waals surface area contributed by atoms with Gasteiger partial charge in [0.25, 0.3) is 0 Å². The molecule has 1 unspecified atom stereocenters. The van der Waals surface area contributed by atoms with Crippen molar-refractivity contribution in [3.05, 3.63) is 89.7 Å². The summed E-state index contributed by atoms with van der Waals surface area (Å²) in [4.78, 5) is 28.5. The molecule has 36 heavy (non-hydrogen) atoms. The van der Waals surface area contributed by atoms with Crippen LogP contribution in [0.1, 0.15) is 56.2 Å². The molecule has 0 fully saturated rings. The first kappa shape index (κ1) is 25.0. The second-order valence-electron chi connectivity index (χ2n) is 8.71. The van der Waals surface area contributed by atoms with E-state index in [4.69, 9.17) is 9.72 Å². The maximum Gasteiger partial charge on any atom is 0.349 e. The summed E-state index contributed by atoms with van der Waals surface area (Å²) in [5.74, 6) is 0.418. The lowest BCUT2D eigenvalue weighted by atomic mass is 10.1. The fourth-order valence-corrected chi connectivity index (χ4v) is 4.08. The number of hydrogen-bond acceptors (Lipinski definition) is 4. The molecule has 2 N–H and O–H groups in total. The number of fused-ring (bicyclic) bond motifs is 1. The summed E-state index contributed by atoms with van der Waals surface area (Å²) in [5.41, 5.74) is 4.23. The summed E-state index contributed by atoms with van der Waals surface area (Å²) < 4.78 is 7.99. The van der Waals surface area contributed by atoms with Crippen molar-refractivity contribution in [2.45, 2.75) is 52.2 Å². The maximum absolute atomic E-state index is 11.9.